The zero-order valence-corrected chi connectivity index (χ0v) is 22.4. The highest BCUT2D eigenvalue weighted by Crippen LogP contribution is 2.45. The predicted octanol–water partition coefficient (Wildman–Crippen LogP) is 5.91. The quantitative estimate of drug-likeness (QED) is 0.291. The maximum atomic E-state index is 12.9. The van der Waals surface area contributed by atoms with Crippen LogP contribution in [0.5, 0.6) is 0 Å². The van der Waals surface area contributed by atoms with E-state index < -0.39 is 5.97 Å². The molecule has 1 aliphatic heterocycles. The molecular formula is C31H32N6O2. The number of fused-ring (bicyclic) bond motifs is 1. The molecule has 0 atom stereocenters. The van der Waals surface area contributed by atoms with Gasteiger partial charge in [0, 0.05) is 36.7 Å². The summed E-state index contributed by atoms with van der Waals surface area (Å²) in [4.78, 5) is 24.8. The lowest BCUT2D eigenvalue weighted by Gasteiger charge is -2.31. The van der Waals surface area contributed by atoms with E-state index in [4.69, 9.17) is 19.8 Å². The van der Waals surface area contributed by atoms with E-state index in [0.29, 0.717) is 17.5 Å². The van der Waals surface area contributed by atoms with Crippen LogP contribution in [0.3, 0.4) is 0 Å². The van der Waals surface area contributed by atoms with Crippen LogP contribution in [0, 0.1) is 23.2 Å². The SMILES string of the molecule is CCOC(=O)c1cc(-c2ccc(N3CCC(C#N)CC3)nc2)c2c(n1)n(-c1ccccc1)nc2[C@H]1C[C@H](C)C1. The molecule has 3 aromatic heterocycles. The molecule has 39 heavy (non-hydrogen) atoms. The molecule has 0 unspecified atom stereocenters. The molecule has 1 aromatic carbocycles. The minimum Gasteiger partial charge on any atom is -0.461 e. The lowest BCUT2D eigenvalue weighted by Crippen LogP contribution is -2.33. The van der Waals surface area contributed by atoms with Gasteiger partial charge >= 0.3 is 5.97 Å². The minimum atomic E-state index is -0.453. The van der Waals surface area contributed by atoms with Gasteiger partial charge in [0.2, 0.25) is 0 Å². The molecule has 6 rings (SSSR count). The molecule has 8 nitrogen and oxygen atoms in total. The molecule has 8 heteroatoms. The molecule has 0 amide bonds. The first-order valence-corrected chi connectivity index (χ1v) is 13.8. The Hall–Kier alpha value is -4.25. The Morgan fingerprint density at radius 1 is 1.13 bits per heavy atom. The lowest BCUT2D eigenvalue weighted by atomic mass is 9.73. The van der Waals surface area contributed by atoms with Gasteiger partial charge < -0.3 is 9.64 Å². The zero-order valence-electron chi connectivity index (χ0n) is 22.4. The second-order valence-corrected chi connectivity index (χ2v) is 10.7. The van der Waals surface area contributed by atoms with E-state index >= 15 is 0 Å². The van der Waals surface area contributed by atoms with E-state index in [-0.39, 0.29) is 18.2 Å². The maximum Gasteiger partial charge on any atom is 0.357 e. The van der Waals surface area contributed by atoms with Crippen molar-refractivity contribution in [1.29, 1.82) is 5.26 Å². The summed E-state index contributed by atoms with van der Waals surface area (Å²) in [5, 5.41) is 15.3. The van der Waals surface area contributed by atoms with Gasteiger partial charge in [0.05, 0.1) is 29.4 Å². The van der Waals surface area contributed by atoms with Crippen LogP contribution in [-0.2, 0) is 4.74 Å². The summed E-state index contributed by atoms with van der Waals surface area (Å²) in [6.45, 7) is 5.99. The van der Waals surface area contributed by atoms with Crippen LogP contribution in [0.25, 0.3) is 27.8 Å². The summed E-state index contributed by atoms with van der Waals surface area (Å²) in [6, 6.07) is 18.3. The molecule has 1 saturated carbocycles. The fourth-order valence-corrected chi connectivity index (χ4v) is 5.81. The Morgan fingerprint density at radius 3 is 2.54 bits per heavy atom. The molecule has 1 saturated heterocycles. The lowest BCUT2D eigenvalue weighted by molar-refractivity contribution is 0.0520. The number of aromatic nitrogens is 4. The van der Waals surface area contributed by atoms with Crippen LogP contribution in [0.2, 0.25) is 0 Å². The Balaban J connectivity index is 1.49. The van der Waals surface area contributed by atoms with Crippen LogP contribution < -0.4 is 4.90 Å². The maximum absolute atomic E-state index is 12.9. The average molecular weight is 521 g/mol. The number of carbonyl (C=O) groups excluding carboxylic acids is 1. The normalized spacial score (nSPS) is 19.5. The van der Waals surface area contributed by atoms with E-state index in [0.717, 1.165) is 72.5 Å². The highest BCUT2D eigenvalue weighted by Gasteiger charge is 2.33. The largest absolute Gasteiger partial charge is 0.461 e. The number of hydrogen-bond acceptors (Lipinski definition) is 7. The van der Waals surface area contributed by atoms with E-state index in [1.165, 1.54) is 0 Å². The Labute approximate surface area is 228 Å². The van der Waals surface area contributed by atoms with E-state index in [1.807, 2.05) is 53.3 Å². The van der Waals surface area contributed by atoms with Gasteiger partial charge in [-0.25, -0.2) is 19.4 Å². The van der Waals surface area contributed by atoms with Gasteiger partial charge in [-0.3, -0.25) is 0 Å². The number of rotatable bonds is 6. The van der Waals surface area contributed by atoms with Crippen LogP contribution in [0.15, 0.2) is 54.7 Å². The molecule has 198 valence electrons. The van der Waals surface area contributed by atoms with Crippen molar-refractivity contribution in [2.75, 3.05) is 24.6 Å². The smallest absolute Gasteiger partial charge is 0.357 e. The minimum absolute atomic E-state index is 0.126. The van der Waals surface area contributed by atoms with Gasteiger partial charge in [0.1, 0.15) is 5.82 Å². The number of esters is 1. The first-order valence-electron chi connectivity index (χ1n) is 13.8. The zero-order chi connectivity index (χ0) is 26.9. The molecule has 0 spiro atoms. The van der Waals surface area contributed by atoms with Crippen LogP contribution in [0.1, 0.15) is 61.6 Å². The second kappa shape index (κ2) is 10.5. The van der Waals surface area contributed by atoms with Crippen molar-refractivity contribution in [2.24, 2.45) is 11.8 Å². The fourth-order valence-electron chi connectivity index (χ4n) is 5.81. The Bertz CT molecular complexity index is 1530. The molecule has 1 aliphatic carbocycles. The molecule has 2 fully saturated rings. The van der Waals surface area contributed by atoms with Gasteiger partial charge in [-0.15, -0.1) is 0 Å². The van der Waals surface area contributed by atoms with Gasteiger partial charge in [0.15, 0.2) is 11.3 Å². The number of para-hydroxylation sites is 1. The summed E-state index contributed by atoms with van der Waals surface area (Å²) >= 11 is 0. The first kappa shape index (κ1) is 25.1. The van der Waals surface area contributed by atoms with Gasteiger partial charge in [-0.2, -0.15) is 10.4 Å². The fraction of sp³-hybridized carbons (Fsp3) is 0.387. The van der Waals surface area contributed by atoms with Gasteiger partial charge in [-0.1, -0.05) is 25.1 Å². The van der Waals surface area contributed by atoms with Crippen molar-refractivity contribution in [2.45, 2.75) is 45.4 Å². The van der Waals surface area contributed by atoms with Gasteiger partial charge in [-0.05, 0) is 74.4 Å². The summed E-state index contributed by atoms with van der Waals surface area (Å²) in [7, 11) is 0. The third kappa shape index (κ3) is 4.74. The van der Waals surface area contributed by atoms with Crippen molar-refractivity contribution in [3.63, 3.8) is 0 Å². The van der Waals surface area contributed by atoms with Crippen molar-refractivity contribution < 1.29 is 9.53 Å². The third-order valence-corrected chi connectivity index (χ3v) is 7.97. The van der Waals surface area contributed by atoms with Gasteiger partial charge in [0.25, 0.3) is 0 Å². The van der Waals surface area contributed by atoms with Crippen molar-refractivity contribution in [1.82, 2.24) is 19.7 Å². The summed E-state index contributed by atoms with van der Waals surface area (Å²) in [5.74, 6) is 1.58. The number of nitrogens with zero attached hydrogens (tertiary/aromatic N) is 6. The highest BCUT2D eigenvalue weighted by molar-refractivity contribution is 6.00. The van der Waals surface area contributed by atoms with E-state index in [9.17, 15) is 10.1 Å². The number of hydrogen-bond donors (Lipinski definition) is 0. The third-order valence-electron chi connectivity index (χ3n) is 7.97. The number of anilines is 1. The van der Waals surface area contributed by atoms with E-state index in [1.54, 1.807) is 6.92 Å². The standard InChI is InChI=1S/C31H32N6O2/c1-3-39-31(38)26-17-25(22-9-10-27(33-19-22)36-13-11-21(18-32)12-14-36)28-29(23-15-20(2)16-23)35-37(30(28)34-26)24-7-5-4-6-8-24/h4-10,17,19-21,23H,3,11-16H2,1-2H3/t20-,23-. The molecule has 4 aromatic rings. The molecule has 0 N–H and O–H groups in total. The van der Waals surface area contributed by atoms with Crippen LogP contribution in [-0.4, -0.2) is 45.4 Å². The Morgan fingerprint density at radius 2 is 1.90 bits per heavy atom. The molecule has 2 aliphatic rings. The van der Waals surface area contributed by atoms with Crippen molar-refractivity contribution in [3.05, 3.63) is 66.1 Å². The van der Waals surface area contributed by atoms with Crippen molar-refractivity contribution in [3.8, 4) is 22.9 Å². The first-order chi connectivity index (χ1) is 19.1. The predicted molar refractivity (Wildman–Crippen MR) is 150 cm³/mol. The average Bonchev–Trinajstić information content (AvgIpc) is 3.35. The van der Waals surface area contributed by atoms with Crippen molar-refractivity contribution >= 4 is 22.8 Å². The molecular weight excluding hydrogens is 488 g/mol. The second-order valence-electron chi connectivity index (χ2n) is 10.7. The number of ether oxygens (including phenoxy) is 1. The summed E-state index contributed by atoms with van der Waals surface area (Å²) < 4.78 is 7.22. The highest BCUT2D eigenvalue weighted by atomic mass is 16.5. The number of pyridine rings is 2. The number of piperidine rings is 1. The number of nitriles is 1. The molecule has 0 radical (unpaired) electrons. The van der Waals surface area contributed by atoms with Crippen LogP contribution in [0.4, 0.5) is 5.82 Å². The monoisotopic (exact) mass is 520 g/mol. The van der Waals surface area contributed by atoms with E-state index in [2.05, 4.69) is 24.0 Å². The van der Waals surface area contributed by atoms with Crippen LogP contribution >= 0.6 is 0 Å². The number of carbonyl (C=O) groups is 1. The summed E-state index contributed by atoms with van der Waals surface area (Å²) in [6.07, 6.45) is 5.75. The topological polar surface area (TPSA) is 96.9 Å². The summed E-state index contributed by atoms with van der Waals surface area (Å²) in [5.41, 5.74) is 4.63. The molecule has 0 bridgehead atoms. The Kier molecular flexibility index (Phi) is 6.74. The molecule has 4 heterocycles. The number of benzene rings is 1.